The van der Waals surface area contributed by atoms with Gasteiger partial charge in [0.1, 0.15) is 11.6 Å². The number of unbranched alkanes of at least 4 members (excludes halogenated alkanes) is 1. The number of Topliss-reactive ketones (excluding diaryl/α,β-unsaturated/α-hetero) is 1. The molecule has 0 bridgehead atoms. The number of carbonyl (C=O) groups excluding carboxylic acids is 1. The molecule has 204 valence electrons. The average Bonchev–Trinajstić information content (AvgIpc) is 3.26. The number of fused-ring (bicyclic) bond motifs is 1. The fourth-order valence-corrected chi connectivity index (χ4v) is 4.96. The minimum absolute atomic E-state index is 0.0246. The van der Waals surface area contributed by atoms with Crippen LogP contribution in [-0.2, 0) is 16.0 Å². The highest BCUT2D eigenvalue weighted by Gasteiger charge is 2.20. The summed E-state index contributed by atoms with van der Waals surface area (Å²) < 4.78 is 5.29. The highest BCUT2D eigenvalue weighted by molar-refractivity contribution is 5.93. The van der Waals surface area contributed by atoms with Crippen LogP contribution in [0.5, 0.6) is 0 Å². The predicted octanol–water partition coefficient (Wildman–Crippen LogP) is 8.09. The van der Waals surface area contributed by atoms with Gasteiger partial charge in [-0.25, -0.2) is 4.99 Å². The number of ketones is 1. The Labute approximate surface area is 225 Å². The first-order valence-electron chi connectivity index (χ1n) is 13.9. The molecule has 5 nitrogen and oxygen atoms in total. The topological polar surface area (TPSA) is 57.7 Å². The van der Waals surface area contributed by atoms with E-state index < -0.39 is 0 Å². The van der Waals surface area contributed by atoms with Gasteiger partial charge in [-0.2, -0.15) is 0 Å². The number of aromatic amines is 1. The second-order valence-electron chi connectivity index (χ2n) is 10.7. The second-order valence-corrected chi connectivity index (χ2v) is 10.7. The van der Waals surface area contributed by atoms with Crippen LogP contribution in [0.15, 0.2) is 58.7 Å². The molecule has 0 fully saturated rings. The molecule has 0 saturated heterocycles. The molecule has 0 aliphatic rings. The van der Waals surface area contributed by atoms with Crippen molar-refractivity contribution in [2.24, 2.45) is 16.8 Å². The van der Waals surface area contributed by atoms with Gasteiger partial charge in [-0.3, -0.25) is 4.79 Å². The Balaban J connectivity index is 1.97. The van der Waals surface area contributed by atoms with E-state index in [0.29, 0.717) is 5.92 Å². The summed E-state index contributed by atoms with van der Waals surface area (Å²) in [5, 5.41) is 1.34. The summed E-state index contributed by atoms with van der Waals surface area (Å²) in [4.78, 5) is 23.3. The number of ether oxygens (including phenoxy) is 1. The molecule has 1 N–H and O–H groups in total. The van der Waals surface area contributed by atoms with Crippen molar-refractivity contribution in [1.82, 2.24) is 9.88 Å². The van der Waals surface area contributed by atoms with E-state index in [1.807, 2.05) is 19.9 Å². The van der Waals surface area contributed by atoms with Crippen LogP contribution in [-0.4, -0.2) is 41.6 Å². The monoisotopic (exact) mass is 507 g/mol. The van der Waals surface area contributed by atoms with Gasteiger partial charge in [0.2, 0.25) is 0 Å². The fourth-order valence-electron chi connectivity index (χ4n) is 4.96. The molecule has 0 saturated carbocycles. The predicted molar refractivity (Wildman–Crippen MR) is 158 cm³/mol. The Hall–Kier alpha value is -2.82. The van der Waals surface area contributed by atoms with Crippen LogP contribution >= 0.6 is 0 Å². The van der Waals surface area contributed by atoms with Crippen molar-refractivity contribution in [2.75, 3.05) is 20.2 Å². The van der Waals surface area contributed by atoms with Crippen LogP contribution in [0.25, 0.3) is 10.9 Å². The summed E-state index contributed by atoms with van der Waals surface area (Å²) in [6, 6.07) is 8.53. The summed E-state index contributed by atoms with van der Waals surface area (Å²) in [5.74, 6) is 2.72. The lowest BCUT2D eigenvalue weighted by atomic mass is 9.92. The molecule has 1 heterocycles. The van der Waals surface area contributed by atoms with Crippen molar-refractivity contribution >= 4 is 22.4 Å². The molecular weight excluding hydrogens is 458 g/mol. The fraction of sp³-hybridized carbons (Fsp3) is 0.562. The number of rotatable bonds is 16. The Bertz CT molecular complexity index is 1090. The number of allylic oxidation sites excluding steroid dienone is 3. The molecule has 0 spiro atoms. The van der Waals surface area contributed by atoms with Crippen LogP contribution < -0.4 is 0 Å². The second kappa shape index (κ2) is 15.4. The van der Waals surface area contributed by atoms with Crippen molar-refractivity contribution in [3.05, 3.63) is 59.3 Å². The number of benzene rings is 1. The van der Waals surface area contributed by atoms with Gasteiger partial charge in [-0.1, -0.05) is 51.3 Å². The van der Waals surface area contributed by atoms with E-state index in [2.05, 4.69) is 68.0 Å². The molecular formula is C32H49N3O2. The normalized spacial score (nSPS) is 13.9. The standard InChI is InChI=1S/C32H49N3O2/c1-9-18-35(32(23(2)3)34-25(5)20-26(6)37-8)22-28(27(7)36)15-11-10-14-24(4)19-29-21-33-31-17-13-12-16-30(29)31/h12-13,16-17,20-21,24,28,33H,9-11,14-15,18-19,22H2,1-8H3/b26-20+,34-25-. The first-order chi connectivity index (χ1) is 17.7. The number of aliphatic imine (C=N–C) groups is 1. The third kappa shape index (κ3) is 9.87. The van der Waals surface area contributed by atoms with Gasteiger partial charge in [-0.15, -0.1) is 0 Å². The third-order valence-electron chi connectivity index (χ3n) is 7.02. The first-order valence-corrected chi connectivity index (χ1v) is 13.9. The Morgan fingerprint density at radius 3 is 2.46 bits per heavy atom. The van der Waals surface area contributed by atoms with E-state index in [1.165, 1.54) is 22.9 Å². The lowest BCUT2D eigenvalue weighted by molar-refractivity contribution is -0.121. The summed E-state index contributed by atoms with van der Waals surface area (Å²) in [5.41, 5.74) is 4.68. The molecule has 0 amide bonds. The zero-order valence-corrected chi connectivity index (χ0v) is 24.5. The minimum Gasteiger partial charge on any atom is -0.501 e. The maximum Gasteiger partial charge on any atom is 0.134 e. The van der Waals surface area contributed by atoms with E-state index in [0.717, 1.165) is 68.1 Å². The van der Waals surface area contributed by atoms with Crippen molar-refractivity contribution in [2.45, 2.75) is 87.0 Å². The maximum absolute atomic E-state index is 12.6. The third-order valence-corrected chi connectivity index (χ3v) is 7.02. The van der Waals surface area contributed by atoms with E-state index >= 15 is 0 Å². The molecule has 1 aromatic heterocycles. The summed E-state index contributed by atoms with van der Waals surface area (Å²) >= 11 is 0. The van der Waals surface area contributed by atoms with E-state index in [4.69, 9.17) is 9.73 Å². The lowest BCUT2D eigenvalue weighted by Crippen LogP contribution is -2.33. The zero-order valence-electron chi connectivity index (χ0n) is 24.5. The number of hydrogen-bond acceptors (Lipinski definition) is 4. The van der Waals surface area contributed by atoms with Crippen LogP contribution in [0, 0.1) is 11.8 Å². The Kier molecular flexibility index (Phi) is 12.7. The molecule has 37 heavy (non-hydrogen) atoms. The molecule has 2 rings (SSSR count). The SMILES string of the molecule is CCCN(CC(CCCCC(C)Cc1c[nH]c2ccccc12)C(C)=O)C(/N=C(C)\C=C(/C)OC)=C(C)C. The van der Waals surface area contributed by atoms with Gasteiger partial charge in [0.05, 0.1) is 12.9 Å². The number of nitrogens with zero attached hydrogens (tertiary/aromatic N) is 2. The molecule has 5 heteroatoms. The highest BCUT2D eigenvalue weighted by Crippen LogP contribution is 2.24. The molecule has 2 aromatic rings. The van der Waals surface area contributed by atoms with Gasteiger partial charge in [0.25, 0.3) is 0 Å². The number of nitrogens with one attached hydrogen (secondary N) is 1. The van der Waals surface area contributed by atoms with Crippen LogP contribution in [0.1, 0.15) is 86.1 Å². The van der Waals surface area contributed by atoms with Gasteiger partial charge in [0.15, 0.2) is 0 Å². The van der Waals surface area contributed by atoms with Crippen molar-refractivity contribution in [1.29, 1.82) is 0 Å². The van der Waals surface area contributed by atoms with Crippen LogP contribution in [0.3, 0.4) is 0 Å². The quantitative estimate of drug-likeness (QED) is 0.142. The van der Waals surface area contributed by atoms with Crippen molar-refractivity contribution < 1.29 is 9.53 Å². The molecule has 1 aromatic carbocycles. The maximum atomic E-state index is 12.6. The van der Waals surface area contributed by atoms with E-state index in [9.17, 15) is 4.79 Å². The number of para-hydroxylation sites is 1. The van der Waals surface area contributed by atoms with Gasteiger partial charge >= 0.3 is 0 Å². The van der Waals surface area contributed by atoms with Gasteiger partial charge < -0.3 is 14.6 Å². The van der Waals surface area contributed by atoms with Crippen LogP contribution in [0.4, 0.5) is 0 Å². The molecule has 0 aliphatic carbocycles. The Morgan fingerprint density at radius 1 is 1.11 bits per heavy atom. The molecule has 2 unspecified atom stereocenters. The number of H-pyrrole nitrogens is 1. The van der Waals surface area contributed by atoms with E-state index in [1.54, 1.807) is 14.0 Å². The molecule has 0 radical (unpaired) electrons. The zero-order chi connectivity index (χ0) is 27.4. The number of methoxy groups -OCH3 is 1. The van der Waals surface area contributed by atoms with Crippen molar-refractivity contribution in [3.8, 4) is 0 Å². The largest absolute Gasteiger partial charge is 0.501 e. The number of carbonyl (C=O) groups is 1. The minimum atomic E-state index is 0.0246. The average molecular weight is 508 g/mol. The first kappa shape index (κ1) is 30.4. The summed E-state index contributed by atoms with van der Waals surface area (Å²) in [6.45, 7) is 16.0. The van der Waals surface area contributed by atoms with Gasteiger partial charge in [-0.05, 0) is 83.1 Å². The molecule has 2 atom stereocenters. The van der Waals surface area contributed by atoms with Crippen molar-refractivity contribution in [3.63, 3.8) is 0 Å². The van der Waals surface area contributed by atoms with E-state index in [-0.39, 0.29) is 11.7 Å². The number of hydrogen-bond donors (Lipinski definition) is 1. The lowest BCUT2D eigenvalue weighted by Gasteiger charge is -2.29. The van der Waals surface area contributed by atoms with Gasteiger partial charge in [0, 0.05) is 41.8 Å². The van der Waals surface area contributed by atoms with Crippen LogP contribution in [0.2, 0.25) is 0 Å². The smallest absolute Gasteiger partial charge is 0.134 e. The summed E-state index contributed by atoms with van der Waals surface area (Å²) in [6.07, 6.45) is 10.5. The number of aromatic nitrogens is 1. The summed E-state index contributed by atoms with van der Waals surface area (Å²) in [7, 11) is 1.67. The molecule has 0 aliphatic heterocycles. The Morgan fingerprint density at radius 2 is 1.81 bits per heavy atom. The highest BCUT2D eigenvalue weighted by atomic mass is 16.5.